The van der Waals surface area contributed by atoms with Gasteiger partial charge in [0.15, 0.2) is 11.5 Å². The van der Waals surface area contributed by atoms with Crippen LogP contribution in [-0.4, -0.2) is 19.8 Å². The maximum absolute atomic E-state index is 6.07. The lowest BCUT2D eigenvalue weighted by Crippen LogP contribution is -2.17. The standard InChI is InChI=1S/C20H35NO2/c1-5-7-8-9-10-11-15-21-16-18-13-12-14-19(22-4)20(18)23-17(3)6-2/h12-14,17,21H,5-11,15-16H2,1-4H3. The number of hydrogen-bond donors (Lipinski definition) is 1. The summed E-state index contributed by atoms with van der Waals surface area (Å²) < 4.78 is 11.5. The van der Waals surface area contributed by atoms with E-state index >= 15 is 0 Å². The van der Waals surface area contributed by atoms with Crippen molar-refractivity contribution in [3.8, 4) is 11.5 Å². The van der Waals surface area contributed by atoms with Gasteiger partial charge in [0.2, 0.25) is 0 Å². The van der Waals surface area contributed by atoms with Gasteiger partial charge in [-0.15, -0.1) is 0 Å². The molecule has 0 radical (unpaired) electrons. The minimum atomic E-state index is 0.198. The summed E-state index contributed by atoms with van der Waals surface area (Å²) in [5.74, 6) is 1.71. The molecule has 0 aliphatic heterocycles. The molecule has 0 amide bonds. The van der Waals surface area contributed by atoms with Crippen LogP contribution in [0, 0.1) is 0 Å². The number of methoxy groups -OCH3 is 1. The summed E-state index contributed by atoms with van der Waals surface area (Å²) in [4.78, 5) is 0. The van der Waals surface area contributed by atoms with Gasteiger partial charge >= 0.3 is 0 Å². The van der Waals surface area contributed by atoms with Crippen molar-refractivity contribution in [2.45, 2.75) is 78.4 Å². The second kappa shape index (κ2) is 12.2. The lowest BCUT2D eigenvalue weighted by molar-refractivity contribution is 0.205. The first-order chi connectivity index (χ1) is 11.2. The Labute approximate surface area is 142 Å². The number of para-hydroxylation sites is 1. The molecule has 1 rings (SSSR count). The third-order valence-corrected chi connectivity index (χ3v) is 4.20. The molecule has 0 bridgehead atoms. The van der Waals surface area contributed by atoms with Crippen LogP contribution in [0.1, 0.15) is 71.3 Å². The van der Waals surface area contributed by atoms with Crippen molar-refractivity contribution >= 4 is 0 Å². The highest BCUT2D eigenvalue weighted by molar-refractivity contribution is 5.46. The van der Waals surface area contributed by atoms with Gasteiger partial charge in [0, 0.05) is 12.1 Å². The molecule has 0 fully saturated rings. The molecular weight excluding hydrogens is 286 g/mol. The van der Waals surface area contributed by atoms with Crippen LogP contribution in [0.15, 0.2) is 18.2 Å². The Morgan fingerprint density at radius 1 is 1.04 bits per heavy atom. The number of benzene rings is 1. The second-order valence-corrected chi connectivity index (χ2v) is 6.23. The summed E-state index contributed by atoms with van der Waals surface area (Å²) in [5, 5.41) is 3.54. The van der Waals surface area contributed by atoms with E-state index in [-0.39, 0.29) is 6.10 Å². The van der Waals surface area contributed by atoms with Crippen LogP contribution in [0.2, 0.25) is 0 Å². The Kier molecular flexibility index (Phi) is 10.5. The van der Waals surface area contributed by atoms with Crippen molar-refractivity contribution in [2.24, 2.45) is 0 Å². The Morgan fingerprint density at radius 3 is 2.48 bits per heavy atom. The van der Waals surface area contributed by atoms with Crippen LogP contribution in [-0.2, 0) is 6.54 Å². The molecule has 0 aliphatic carbocycles. The summed E-state index contributed by atoms with van der Waals surface area (Å²) in [6.45, 7) is 8.38. The Hall–Kier alpha value is -1.22. The Morgan fingerprint density at radius 2 is 1.78 bits per heavy atom. The fourth-order valence-electron chi connectivity index (χ4n) is 2.53. The summed E-state index contributed by atoms with van der Waals surface area (Å²) in [6.07, 6.45) is 9.17. The SMILES string of the molecule is CCCCCCCCNCc1cccc(OC)c1OC(C)CC. The minimum absolute atomic E-state index is 0.198. The lowest BCUT2D eigenvalue weighted by Gasteiger charge is -2.19. The highest BCUT2D eigenvalue weighted by Crippen LogP contribution is 2.32. The monoisotopic (exact) mass is 321 g/mol. The topological polar surface area (TPSA) is 30.5 Å². The zero-order valence-corrected chi connectivity index (χ0v) is 15.5. The van der Waals surface area contributed by atoms with E-state index < -0.39 is 0 Å². The normalized spacial score (nSPS) is 12.2. The van der Waals surface area contributed by atoms with E-state index in [4.69, 9.17) is 9.47 Å². The van der Waals surface area contributed by atoms with E-state index in [9.17, 15) is 0 Å². The summed E-state index contributed by atoms with van der Waals surface area (Å²) in [7, 11) is 1.70. The van der Waals surface area contributed by atoms with Crippen LogP contribution in [0.5, 0.6) is 11.5 Å². The predicted octanol–water partition coefficient (Wildman–Crippen LogP) is 5.32. The van der Waals surface area contributed by atoms with Crippen LogP contribution < -0.4 is 14.8 Å². The van der Waals surface area contributed by atoms with Gasteiger partial charge in [0.1, 0.15) is 0 Å². The number of hydrogen-bond acceptors (Lipinski definition) is 3. The highest BCUT2D eigenvalue weighted by atomic mass is 16.5. The molecule has 0 spiro atoms. The van der Waals surface area contributed by atoms with Gasteiger partial charge in [-0.3, -0.25) is 0 Å². The quantitative estimate of drug-likeness (QED) is 0.499. The number of unbranched alkanes of at least 4 members (excludes halogenated alkanes) is 5. The molecule has 3 nitrogen and oxygen atoms in total. The Bertz CT molecular complexity index is 420. The van der Waals surface area contributed by atoms with E-state index in [0.29, 0.717) is 0 Å². The van der Waals surface area contributed by atoms with E-state index in [1.807, 2.05) is 12.1 Å². The van der Waals surface area contributed by atoms with E-state index in [1.165, 1.54) is 44.1 Å². The van der Waals surface area contributed by atoms with Gasteiger partial charge in [0.25, 0.3) is 0 Å². The first kappa shape index (κ1) is 19.8. The molecular formula is C20H35NO2. The number of rotatable bonds is 13. The molecule has 0 heterocycles. The fourth-order valence-corrected chi connectivity index (χ4v) is 2.53. The van der Waals surface area contributed by atoms with Crippen molar-refractivity contribution in [1.82, 2.24) is 5.32 Å². The molecule has 0 aromatic heterocycles. The molecule has 1 unspecified atom stereocenters. The van der Waals surface area contributed by atoms with Gasteiger partial charge in [-0.05, 0) is 32.4 Å². The van der Waals surface area contributed by atoms with Gasteiger partial charge in [0.05, 0.1) is 13.2 Å². The zero-order valence-electron chi connectivity index (χ0n) is 15.5. The molecule has 0 aliphatic rings. The van der Waals surface area contributed by atoms with Gasteiger partial charge in [-0.1, -0.05) is 58.1 Å². The maximum Gasteiger partial charge on any atom is 0.166 e. The van der Waals surface area contributed by atoms with Gasteiger partial charge in [-0.25, -0.2) is 0 Å². The molecule has 132 valence electrons. The summed E-state index contributed by atoms with van der Waals surface area (Å²) >= 11 is 0. The maximum atomic E-state index is 6.07. The van der Waals surface area contributed by atoms with E-state index in [0.717, 1.165) is 31.0 Å². The molecule has 0 saturated heterocycles. The largest absolute Gasteiger partial charge is 0.493 e. The predicted molar refractivity (Wildman–Crippen MR) is 98.5 cm³/mol. The van der Waals surface area contributed by atoms with Crippen LogP contribution in [0.4, 0.5) is 0 Å². The van der Waals surface area contributed by atoms with Crippen LogP contribution >= 0.6 is 0 Å². The van der Waals surface area contributed by atoms with Crippen molar-refractivity contribution in [1.29, 1.82) is 0 Å². The molecule has 1 N–H and O–H groups in total. The lowest BCUT2D eigenvalue weighted by atomic mass is 10.1. The molecule has 1 aromatic rings. The van der Waals surface area contributed by atoms with E-state index in [2.05, 4.69) is 32.2 Å². The molecule has 3 heteroatoms. The second-order valence-electron chi connectivity index (χ2n) is 6.23. The zero-order chi connectivity index (χ0) is 16.9. The van der Waals surface area contributed by atoms with Crippen LogP contribution in [0.3, 0.4) is 0 Å². The summed E-state index contributed by atoms with van der Waals surface area (Å²) in [5.41, 5.74) is 1.18. The van der Waals surface area contributed by atoms with E-state index in [1.54, 1.807) is 7.11 Å². The fraction of sp³-hybridized carbons (Fsp3) is 0.700. The van der Waals surface area contributed by atoms with Crippen LogP contribution in [0.25, 0.3) is 0 Å². The minimum Gasteiger partial charge on any atom is -0.493 e. The van der Waals surface area contributed by atoms with Gasteiger partial charge < -0.3 is 14.8 Å². The highest BCUT2D eigenvalue weighted by Gasteiger charge is 2.12. The number of ether oxygens (including phenoxy) is 2. The average molecular weight is 322 g/mol. The Balaban J connectivity index is 2.43. The number of nitrogens with one attached hydrogen (secondary N) is 1. The third-order valence-electron chi connectivity index (χ3n) is 4.20. The first-order valence-corrected chi connectivity index (χ1v) is 9.26. The smallest absolute Gasteiger partial charge is 0.166 e. The molecule has 0 saturated carbocycles. The van der Waals surface area contributed by atoms with Gasteiger partial charge in [-0.2, -0.15) is 0 Å². The first-order valence-electron chi connectivity index (χ1n) is 9.26. The molecule has 1 aromatic carbocycles. The van der Waals surface area contributed by atoms with Crippen molar-refractivity contribution < 1.29 is 9.47 Å². The van der Waals surface area contributed by atoms with Crippen molar-refractivity contribution in [3.63, 3.8) is 0 Å². The molecule has 1 atom stereocenters. The van der Waals surface area contributed by atoms with Crippen molar-refractivity contribution in [3.05, 3.63) is 23.8 Å². The summed E-state index contributed by atoms with van der Waals surface area (Å²) in [6, 6.07) is 6.12. The van der Waals surface area contributed by atoms with Crippen molar-refractivity contribution in [2.75, 3.05) is 13.7 Å². The average Bonchev–Trinajstić information content (AvgIpc) is 2.58. The molecule has 23 heavy (non-hydrogen) atoms. The third kappa shape index (κ3) is 7.74.